The lowest BCUT2D eigenvalue weighted by molar-refractivity contribution is 0.139. The highest BCUT2D eigenvalue weighted by atomic mass is 79.9. The number of aryl methyl sites for hydroxylation is 1. The summed E-state index contributed by atoms with van der Waals surface area (Å²) >= 11 is 3.55. The van der Waals surface area contributed by atoms with Gasteiger partial charge >= 0.3 is 6.03 Å². The standard InChI is InChI=1S/C24H23BrFN9O/c1-15-23(25)16(2)34(31-15)22-12-21(28-14-29-22)32-5-7-33(8-6-32)24(36)35-20(3-4-30-35)18-9-17(13-27)10-19(26)11-18/h4,9-12,14,20H,3,5-8H2,1-2H3/t20-/m0/s1. The van der Waals surface area contributed by atoms with Crippen molar-refractivity contribution in [2.24, 2.45) is 5.10 Å². The molecule has 0 radical (unpaired) electrons. The first kappa shape index (κ1) is 23.9. The molecule has 2 aromatic heterocycles. The van der Waals surface area contributed by atoms with Gasteiger partial charge in [-0.05, 0) is 53.5 Å². The van der Waals surface area contributed by atoms with Crippen LogP contribution in [-0.2, 0) is 0 Å². The molecule has 2 aliphatic rings. The summed E-state index contributed by atoms with van der Waals surface area (Å²) in [5, 5.41) is 19.4. The number of hydrogen-bond donors (Lipinski definition) is 0. The van der Waals surface area contributed by atoms with Crippen LogP contribution in [0.25, 0.3) is 5.82 Å². The normalized spacial score (nSPS) is 17.5. The Kier molecular flexibility index (Phi) is 6.40. The number of anilines is 1. The molecule has 0 saturated carbocycles. The minimum absolute atomic E-state index is 0.218. The molecule has 0 bridgehead atoms. The van der Waals surface area contributed by atoms with Crippen LogP contribution in [0.5, 0.6) is 0 Å². The van der Waals surface area contributed by atoms with Crippen LogP contribution in [0.4, 0.5) is 15.0 Å². The Morgan fingerprint density at radius 1 is 1.11 bits per heavy atom. The number of rotatable bonds is 3. The third-order valence-electron chi connectivity index (χ3n) is 6.39. The number of urea groups is 1. The number of benzene rings is 1. The minimum Gasteiger partial charge on any atom is -0.353 e. The molecule has 3 aromatic rings. The molecule has 36 heavy (non-hydrogen) atoms. The molecule has 1 fully saturated rings. The fraction of sp³-hybridized carbons (Fsp3) is 0.333. The third-order valence-corrected chi connectivity index (χ3v) is 7.54. The maximum Gasteiger partial charge on any atom is 0.341 e. The molecule has 2 aliphatic heterocycles. The molecule has 1 saturated heterocycles. The summed E-state index contributed by atoms with van der Waals surface area (Å²) in [5.74, 6) is 0.927. The summed E-state index contributed by atoms with van der Waals surface area (Å²) in [7, 11) is 0. The molecule has 0 unspecified atom stereocenters. The average molecular weight is 552 g/mol. The number of carbonyl (C=O) groups is 1. The van der Waals surface area contributed by atoms with Gasteiger partial charge in [0.05, 0.1) is 33.5 Å². The Bertz CT molecular complexity index is 1390. The minimum atomic E-state index is -0.506. The van der Waals surface area contributed by atoms with Crippen molar-refractivity contribution in [3.63, 3.8) is 0 Å². The van der Waals surface area contributed by atoms with E-state index in [1.165, 1.54) is 23.5 Å². The number of hydrazone groups is 1. The zero-order valence-corrected chi connectivity index (χ0v) is 21.4. The molecular formula is C24H23BrFN9O. The topological polar surface area (TPSA) is 107 Å². The molecule has 184 valence electrons. The Balaban J connectivity index is 1.27. The molecule has 5 rings (SSSR count). The smallest absolute Gasteiger partial charge is 0.341 e. The highest BCUT2D eigenvalue weighted by molar-refractivity contribution is 9.10. The van der Waals surface area contributed by atoms with Crippen LogP contribution in [0.2, 0.25) is 0 Å². The van der Waals surface area contributed by atoms with Crippen molar-refractivity contribution in [1.29, 1.82) is 5.26 Å². The number of halogens is 2. The molecule has 10 nitrogen and oxygen atoms in total. The average Bonchev–Trinajstić information content (AvgIpc) is 3.49. The van der Waals surface area contributed by atoms with Gasteiger partial charge in [-0.1, -0.05) is 0 Å². The number of carbonyl (C=O) groups excluding carboxylic acids is 1. The van der Waals surface area contributed by atoms with Crippen molar-refractivity contribution in [3.8, 4) is 11.9 Å². The van der Waals surface area contributed by atoms with Gasteiger partial charge in [-0.3, -0.25) is 0 Å². The first-order chi connectivity index (χ1) is 17.4. The first-order valence-electron chi connectivity index (χ1n) is 11.5. The van der Waals surface area contributed by atoms with Crippen molar-refractivity contribution >= 4 is 34.0 Å². The maximum absolute atomic E-state index is 14.0. The molecule has 0 N–H and O–H groups in total. The van der Waals surface area contributed by atoms with E-state index in [0.29, 0.717) is 44.0 Å². The van der Waals surface area contributed by atoms with Crippen LogP contribution in [0.3, 0.4) is 0 Å². The van der Waals surface area contributed by atoms with Crippen molar-refractivity contribution in [1.82, 2.24) is 29.7 Å². The highest BCUT2D eigenvalue weighted by Gasteiger charge is 2.33. The second kappa shape index (κ2) is 9.66. The number of piperazine rings is 1. The van der Waals surface area contributed by atoms with Crippen LogP contribution in [0.15, 0.2) is 40.2 Å². The lowest BCUT2D eigenvalue weighted by Crippen LogP contribution is -2.52. The Morgan fingerprint density at radius 3 is 2.56 bits per heavy atom. The maximum atomic E-state index is 14.0. The van der Waals surface area contributed by atoms with Gasteiger partial charge in [0.2, 0.25) is 0 Å². The van der Waals surface area contributed by atoms with Crippen LogP contribution < -0.4 is 4.90 Å². The zero-order chi connectivity index (χ0) is 25.4. The number of aromatic nitrogens is 4. The fourth-order valence-corrected chi connectivity index (χ4v) is 4.74. The van der Waals surface area contributed by atoms with E-state index < -0.39 is 11.9 Å². The lowest BCUT2D eigenvalue weighted by atomic mass is 10.0. The molecule has 0 aliphatic carbocycles. The number of nitrogens with zero attached hydrogens (tertiary/aromatic N) is 9. The molecular weight excluding hydrogens is 529 g/mol. The predicted octanol–water partition coefficient (Wildman–Crippen LogP) is 3.73. The van der Waals surface area contributed by atoms with Crippen LogP contribution in [0.1, 0.15) is 35.0 Å². The van der Waals surface area contributed by atoms with Crippen molar-refractivity contribution in [2.75, 3.05) is 31.1 Å². The van der Waals surface area contributed by atoms with Gasteiger partial charge in [-0.25, -0.2) is 28.8 Å². The monoisotopic (exact) mass is 551 g/mol. The van der Waals surface area contributed by atoms with Crippen molar-refractivity contribution < 1.29 is 9.18 Å². The summed E-state index contributed by atoms with van der Waals surface area (Å²) in [6.07, 6.45) is 3.63. The summed E-state index contributed by atoms with van der Waals surface area (Å²) in [6.45, 7) is 6.03. The van der Waals surface area contributed by atoms with E-state index in [1.54, 1.807) is 21.9 Å². The first-order valence-corrected chi connectivity index (χ1v) is 12.2. The number of amides is 2. The van der Waals surface area contributed by atoms with E-state index in [1.807, 2.05) is 26.0 Å². The van der Waals surface area contributed by atoms with E-state index >= 15 is 0 Å². The van der Waals surface area contributed by atoms with E-state index in [-0.39, 0.29) is 11.6 Å². The molecule has 1 atom stereocenters. The van der Waals surface area contributed by atoms with E-state index in [0.717, 1.165) is 21.7 Å². The fourth-order valence-electron chi connectivity index (χ4n) is 4.49. The van der Waals surface area contributed by atoms with Crippen LogP contribution in [0, 0.1) is 31.0 Å². The van der Waals surface area contributed by atoms with Crippen molar-refractivity contribution in [3.05, 3.63) is 63.4 Å². The van der Waals surface area contributed by atoms with Crippen LogP contribution >= 0.6 is 15.9 Å². The van der Waals surface area contributed by atoms with Crippen molar-refractivity contribution in [2.45, 2.75) is 26.3 Å². The number of nitriles is 1. The highest BCUT2D eigenvalue weighted by Crippen LogP contribution is 2.31. The molecule has 1 aromatic carbocycles. The third kappa shape index (κ3) is 4.42. The van der Waals surface area contributed by atoms with Gasteiger partial charge in [0.1, 0.15) is 18.0 Å². The SMILES string of the molecule is Cc1nn(-c2cc(N3CCN(C(=O)N4N=CC[C@H]4c4cc(F)cc(C#N)c4)CC3)ncn2)c(C)c1Br. The summed E-state index contributed by atoms with van der Waals surface area (Å²) in [5.41, 5.74) is 2.61. The van der Waals surface area contributed by atoms with Crippen LogP contribution in [-0.4, -0.2) is 68.1 Å². The quantitative estimate of drug-likeness (QED) is 0.491. The largest absolute Gasteiger partial charge is 0.353 e. The number of hydrogen-bond acceptors (Lipinski definition) is 7. The van der Waals surface area contributed by atoms with Gasteiger partial charge in [0, 0.05) is 44.9 Å². The Morgan fingerprint density at radius 2 is 1.86 bits per heavy atom. The second-order valence-corrected chi connectivity index (χ2v) is 9.46. The Hall–Kier alpha value is -3.85. The van der Waals surface area contributed by atoms with E-state index in [2.05, 4.69) is 41.0 Å². The zero-order valence-electron chi connectivity index (χ0n) is 19.8. The van der Waals surface area contributed by atoms with Gasteiger partial charge in [0.15, 0.2) is 5.82 Å². The molecule has 0 spiro atoms. The lowest BCUT2D eigenvalue weighted by Gasteiger charge is -2.37. The molecule has 2 amide bonds. The molecule has 12 heteroatoms. The van der Waals surface area contributed by atoms with Gasteiger partial charge < -0.3 is 9.80 Å². The van der Waals surface area contributed by atoms with Gasteiger partial charge in [-0.15, -0.1) is 0 Å². The van der Waals surface area contributed by atoms with E-state index in [9.17, 15) is 14.4 Å². The molecule has 4 heterocycles. The predicted molar refractivity (Wildman–Crippen MR) is 134 cm³/mol. The summed E-state index contributed by atoms with van der Waals surface area (Å²) in [4.78, 5) is 25.9. The van der Waals surface area contributed by atoms with Gasteiger partial charge in [-0.2, -0.15) is 15.5 Å². The second-order valence-electron chi connectivity index (χ2n) is 8.67. The summed E-state index contributed by atoms with van der Waals surface area (Å²) in [6, 6.07) is 7.30. The Labute approximate surface area is 215 Å². The van der Waals surface area contributed by atoms with Gasteiger partial charge in [0.25, 0.3) is 0 Å². The summed E-state index contributed by atoms with van der Waals surface area (Å²) < 4.78 is 16.7. The van der Waals surface area contributed by atoms with E-state index in [4.69, 9.17) is 0 Å².